The van der Waals surface area contributed by atoms with Gasteiger partial charge in [0.05, 0.1) is 19.8 Å². The largest absolute Gasteiger partial charge is 0.493 e. The zero-order valence-corrected chi connectivity index (χ0v) is 27.9. The second-order valence-electron chi connectivity index (χ2n) is 12.7. The fraction of sp³-hybridized carbons (Fsp3) is 0.789. The highest BCUT2D eigenvalue weighted by atomic mass is 16.5. The first-order valence-electron chi connectivity index (χ1n) is 18.0. The summed E-state index contributed by atoms with van der Waals surface area (Å²) in [5, 5.41) is 9.18. The predicted octanol–water partition coefficient (Wildman–Crippen LogP) is 8.88. The summed E-state index contributed by atoms with van der Waals surface area (Å²) < 4.78 is 6.38. The molecular formula is C38H66N2O2. The number of aryl methyl sites for hydroxylation is 1. The Morgan fingerprint density at radius 3 is 1.93 bits per heavy atom. The van der Waals surface area contributed by atoms with E-state index in [9.17, 15) is 5.11 Å². The Balaban J connectivity index is 1.80. The quantitative estimate of drug-likeness (QED) is 0.0975. The van der Waals surface area contributed by atoms with Gasteiger partial charge in [0.25, 0.3) is 0 Å². The van der Waals surface area contributed by atoms with Crippen molar-refractivity contribution >= 4 is 0 Å². The Morgan fingerprint density at radius 2 is 1.33 bits per heavy atom. The molecule has 4 nitrogen and oxygen atoms in total. The molecule has 1 aliphatic heterocycles. The van der Waals surface area contributed by atoms with Crippen molar-refractivity contribution in [2.75, 3.05) is 52.5 Å². The fourth-order valence-electron chi connectivity index (χ4n) is 5.99. The van der Waals surface area contributed by atoms with Crippen molar-refractivity contribution in [3.05, 3.63) is 29.3 Å². The molecule has 0 saturated carbocycles. The van der Waals surface area contributed by atoms with Crippen LogP contribution in [0.15, 0.2) is 18.2 Å². The van der Waals surface area contributed by atoms with Gasteiger partial charge in [0, 0.05) is 38.3 Å². The maximum absolute atomic E-state index is 9.18. The van der Waals surface area contributed by atoms with Gasteiger partial charge in [-0.05, 0) is 48.9 Å². The molecule has 0 amide bonds. The number of aliphatic hydroxyl groups excluding tert-OH is 1. The molecule has 0 bridgehead atoms. The summed E-state index contributed by atoms with van der Waals surface area (Å²) in [7, 11) is 0. The zero-order chi connectivity index (χ0) is 30.1. The number of unbranched alkanes of at least 4 members (excludes halogenated alkanes) is 13. The Bertz CT molecular complexity index is 837. The van der Waals surface area contributed by atoms with Gasteiger partial charge in [0.15, 0.2) is 0 Å². The molecule has 2 rings (SSSR count). The van der Waals surface area contributed by atoms with Crippen LogP contribution in [0.1, 0.15) is 141 Å². The molecule has 1 heterocycles. The molecule has 0 aromatic heterocycles. The number of β-amino-alcohol motifs (C(OH)–C–C–N with tert-alkyl or cyclic N) is 1. The standard InChI is InChI=1S/C38H66N2O2/c1-4-7-9-10-11-12-13-14-15-16-17-18-19-22-36-31-37(23-20-24-39-25-27-40(28-26-39)29-30-41)33-38(32-36)42-34-35(6-3)21-8-5-2/h31-33,35,41H,4-19,21-22,24-30,34H2,1-3H3. The number of hydrogen-bond acceptors (Lipinski definition) is 4. The molecule has 42 heavy (non-hydrogen) atoms. The topological polar surface area (TPSA) is 35.9 Å². The number of nitrogens with zero attached hydrogens (tertiary/aromatic N) is 2. The average molecular weight is 583 g/mol. The predicted molar refractivity (Wildman–Crippen MR) is 181 cm³/mol. The minimum Gasteiger partial charge on any atom is -0.493 e. The van der Waals surface area contributed by atoms with Crippen LogP contribution < -0.4 is 4.74 Å². The molecular weight excluding hydrogens is 516 g/mol. The van der Waals surface area contributed by atoms with Crippen LogP contribution in [0.3, 0.4) is 0 Å². The summed E-state index contributed by atoms with van der Waals surface area (Å²) >= 11 is 0. The Morgan fingerprint density at radius 1 is 0.738 bits per heavy atom. The minimum atomic E-state index is 0.247. The smallest absolute Gasteiger partial charge is 0.120 e. The van der Waals surface area contributed by atoms with Crippen molar-refractivity contribution in [3.8, 4) is 17.6 Å². The molecule has 1 aromatic carbocycles. The van der Waals surface area contributed by atoms with E-state index in [0.29, 0.717) is 5.92 Å². The summed E-state index contributed by atoms with van der Waals surface area (Å²) in [6, 6.07) is 6.73. The van der Waals surface area contributed by atoms with E-state index in [0.717, 1.165) is 63.6 Å². The van der Waals surface area contributed by atoms with Crippen LogP contribution >= 0.6 is 0 Å². The van der Waals surface area contributed by atoms with Gasteiger partial charge in [-0.15, -0.1) is 0 Å². The molecule has 0 radical (unpaired) electrons. The van der Waals surface area contributed by atoms with Gasteiger partial charge < -0.3 is 9.84 Å². The van der Waals surface area contributed by atoms with Crippen molar-refractivity contribution in [3.63, 3.8) is 0 Å². The van der Waals surface area contributed by atoms with Gasteiger partial charge in [0.1, 0.15) is 5.75 Å². The molecule has 1 atom stereocenters. The van der Waals surface area contributed by atoms with E-state index in [1.807, 2.05) is 0 Å². The van der Waals surface area contributed by atoms with Gasteiger partial charge in [-0.25, -0.2) is 0 Å². The van der Waals surface area contributed by atoms with E-state index < -0.39 is 0 Å². The second kappa shape index (κ2) is 24.9. The van der Waals surface area contributed by atoms with Gasteiger partial charge in [0.2, 0.25) is 0 Å². The first kappa shape index (κ1) is 36.7. The van der Waals surface area contributed by atoms with Crippen LogP contribution in [0.2, 0.25) is 0 Å². The Labute approximate surface area is 261 Å². The van der Waals surface area contributed by atoms with Crippen molar-refractivity contribution in [2.24, 2.45) is 5.92 Å². The SMILES string of the molecule is CCCCCCCCCCCCCCCc1cc(C#CCN2CCN(CCO)CC2)cc(OCC(CC)CCCC)c1. The molecule has 0 aliphatic carbocycles. The second-order valence-corrected chi connectivity index (χ2v) is 12.7. The Hall–Kier alpha value is -1.54. The van der Waals surface area contributed by atoms with E-state index in [4.69, 9.17) is 4.74 Å². The normalized spacial score (nSPS) is 15.0. The average Bonchev–Trinajstić information content (AvgIpc) is 3.00. The summed E-state index contributed by atoms with van der Waals surface area (Å²) in [5.41, 5.74) is 2.47. The highest BCUT2D eigenvalue weighted by molar-refractivity contribution is 5.43. The van der Waals surface area contributed by atoms with Crippen molar-refractivity contribution in [1.29, 1.82) is 0 Å². The van der Waals surface area contributed by atoms with Crippen LogP contribution in [0.5, 0.6) is 5.75 Å². The summed E-state index contributed by atoms with van der Waals surface area (Å²) in [5.74, 6) is 8.55. The first-order valence-corrected chi connectivity index (χ1v) is 18.0. The summed E-state index contributed by atoms with van der Waals surface area (Å²) in [6.07, 6.45) is 24.2. The molecule has 1 aromatic rings. The maximum atomic E-state index is 9.18. The monoisotopic (exact) mass is 583 g/mol. The van der Waals surface area contributed by atoms with Crippen molar-refractivity contribution in [2.45, 2.75) is 136 Å². The summed E-state index contributed by atoms with van der Waals surface area (Å²) in [4.78, 5) is 4.76. The molecule has 1 fully saturated rings. The number of benzene rings is 1. The zero-order valence-electron chi connectivity index (χ0n) is 27.9. The van der Waals surface area contributed by atoms with Gasteiger partial charge in [-0.2, -0.15) is 0 Å². The number of aliphatic hydroxyl groups is 1. The van der Waals surface area contributed by atoms with Crippen LogP contribution in [0, 0.1) is 17.8 Å². The van der Waals surface area contributed by atoms with E-state index >= 15 is 0 Å². The number of hydrogen-bond donors (Lipinski definition) is 1. The molecule has 1 unspecified atom stereocenters. The van der Waals surface area contributed by atoms with Gasteiger partial charge in [-0.1, -0.05) is 129 Å². The van der Waals surface area contributed by atoms with Crippen LogP contribution in [-0.4, -0.2) is 67.4 Å². The lowest BCUT2D eigenvalue weighted by Crippen LogP contribution is -2.47. The molecule has 1 saturated heterocycles. The van der Waals surface area contributed by atoms with E-state index in [-0.39, 0.29) is 6.61 Å². The van der Waals surface area contributed by atoms with Crippen LogP contribution in [0.4, 0.5) is 0 Å². The van der Waals surface area contributed by atoms with Crippen molar-refractivity contribution < 1.29 is 9.84 Å². The fourth-order valence-corrected chi connectivity index (χ4v) is 5.99. The third-order valence-electron chi connectivity index (χ3n) is 8.98. The Kier molecular flexibility index (Phi) is 21.7. The van der Waals surface area contributed by atoms with Crippen molar-refractivity contribution in [1.82, 2.24) is 9.80 Å². The number of ether oxygens (including phenoxy) is 1. The maximum Gasteiger partial charge on any atom is 0.120 e. The van der Waals surface area contributed by atoms with Crippen LogP contribution in [-0.2, 0) is 6.42 Å². The van der Waals surface area contributed by atoms with E-state index in [1.165, 1.54) is 115 Å². The molecule has 1 aliphatic rings. The molecule has 240 valence electrons. The minimum absolute atomic E-state index is 0.247. The molecule has 1 N–H and O–H groups in total. The van der Waals surface area contributed by atoms with Gasteiger partial charge >= 0.3 is 0 Å². The van der Waals surface area contributed by atoms with E-state index in [2.05, 4.69) is 60.6 Å². The third-order valence-corrected chi connectivity index (χ3v) is 8.98. The lowest BCUT2D eigenvalue weighted by Gasteiger charge is -2.33. The highest BCUT2D eigenvalue weighted by Crippen LogP contribution is 2.22. The first-order chi connectivity index (χ1) is 20.7. The number of rotatable bonds is 24. The molecule has 4 heteroatoms. The highest BCUT2D eigenvalue weighted by Gasteiger charge is 2.15. The van der Waals surface area contributed by atoms with E-state index in [1.54, 1.807) is 0 Å². The number of piperazine rings is 1. The third kappa shape index (κ3) is 17.5. The lowest BCUT2D eigenvalue weighted by molar-refractivity contribution is 0.121. The van der Waals surface area contributed by atoms with Gasteiger partial charge in [-0.3, -0.25) is 9.80 Å². The van der Waals surface area contributed by atoms with Crippen LogP contribution in [0.25, 0.3) is 0 Å². The molecule has 0 spiro atoms. The lowest BCUT2D eigenvalue weighted by atomic mass is 10.00. The summed E-state index contributed by atoms with van der Waals surface area (Å²) in [6.45, 7) is 13.6.